The molecule has 216 valence electrons. The number of ketones is 1. The van der Waals surface area contributed by atoms with E-state index in [1.807, 2.05) is 6.07 Å². The van der Waals surface area contributed by atoms with Crippen LogP contribution in [0.1, 0.15) is 37.6 Å². The van der Waals surface area contributed by atoms with Gasteiger partial charge in [0.05, 0.1) is 50.6 Å². The van der Waals surface area contributed by atoms with E-state index in [0.29, 0.717) is 34.8 Å². The zero-order valence-electron chi connectivity index (χ0n) is 22.6. The van der Waals surface area contributed by atoms with Crippen molar-refractivity contribution in [1.29, 1.82) is 5.26 Å². The van der Waals surface area contributed by atoms with E-state index in [9.17, 15) is 23.6 Å². The number of nitrogens with zero attached hydrogens (tertiary/aromatic N) is 2. The molecule has 1 N–H and O–H groups in total. The molecular weight excluding hydrogens is 565 g/mol. The molecule has 3 heterocycles. The van der Waals surface area contributed by atoms with Crippen LogP contribution in [0, 0.1) is 17.1 Å². The van der Waals surface area contributed by atoms with E-state index in [1.165, 1.54) is 47.6 Å². The maximum atomic E-state index is 13.7. The fraction of sp³-hybridized carbons (Fsp3) is 0.300. The summed E-state index contributed by atoms with van der Waals surface area (Å²) in [6.07, 6.45) is 0.238. The first-order valence-electron chi connectivity index (χ1n) is 13.1. The number of carbonyl (C=O) groups excluding carboxylic acids is 4. The lowest BCUT2D eigenvalue weighted by Gasteiger charge is -2.24. The van der Waals surface area contributed by atoms with Gasteiger partial charge in [-0.2, -0.15) is 5.26 Å². The van der Waals surface area contributed by atoms with Crippen LogP contribution in [0.5, 0.6) is 0 Å². The van der Waals surface area contributed by atoms with Gasteiger partial charge in [-0.05, 0) is 41.5 Å². The lowest BCUT2D eigenvalue weighted by atomic mass is 9.98. The molecule has 2 aliphatic heterocycles. The van der Waals surface area contributed by atoms with Gasteiger partial charge in [0.1, 0.15) is 11.9 Å². The highest BCUT2D eigenvalue weighted by Gasteiger charge is 2.52. The average molecular weight is 592 g/mol. The minimum Gasteiger partial charge on any atom is -0.465 e. The van der Waals surface area contributed by atoms with E-state index in [0.717, 1.165) is 6.07 Å². The predicted octanol–water partition coefficient (Wildman–Crippen LogP) is 3.10. The number of nitriles is 1. The maximum Gasteiger partial charge on any atom is 0.338 e. The van der Waals surface area contributed by atoms with E-state index in [-0.39, 0.29) is 42.8 Å². The maximum absolute atomic E-state index is 13.7. The molecule has 0 aliphatic carbocycles. The van der Waals surface area contributed by atoms with Crippen molar-refractivity contribution >= 4 is 34.9 Å². The molecule has 42 heavy (non-hydrogen) atoms. The number of thiophene rings is 1. The number of halogens is 1. The molecule has 0 radical (unpaired) electrons. The fourth-order valence-electron chi connectivity index (χ4n) is 5.12. The summed E-state index contributed by atoms with van der Waals surface area (Å²) in [5, 5.41) is 13.3. The van der Waals surface area contributed by atoms with Gasteiger partial charge in [0.25, 0.3) is 5.91 Å². The van der Waals surface area contributed by atoms with Crippen LogP contribution in [-0.4, -0.2) is 73.7 Å². The summed E-state index contributed by atoms with van der Waals surface area (Å²) in [7, 11) is 1.20. The fourth-order valence-corrected chi connectivity index (χ4v) is 5.94. The Balaban J connectivity index is 1.25. The number of rotatable bonds is 8. The zero-order chi connectivity index (χ0) is 29.9. The van der Waals surface area contributed by atoms with Crippen LogP contribution in [-0.2, 0) is 30.2 Å². The lowest BCUT2D eigenvalue weighted by Crippen LogP contribution is -2.46. The van der Waals surface area contributed by atoms with Crippen molar-refractivity contribution in [2.75, 3.05) is 33.4 Å². The number of esters is 1. The van der Waals surface area contributed by atoms with Gasteiger partial charge in [-0.15, -0.1) is 11.3 Å². The van der Waals surface area contributed by atoms with Gasteiger partial charge < -0.3 is 24.4 Å². The van der Waals surface area contributed by atoms with Crippen molar-refractivity contribution in [3.05, 3.63) is 81.3 Å². The molecule has 1 atom stereocenters. The third kappa shape index (κ3) is 6.08. The van der Waals surface area contributed by atoms with Gasteiger partial charge in [0.15, 0.2) is 11.6 Å². The highest BCUT2D eigenvalue weighted by Crippen LogP contribution is 2.36. The van der Waals surface area contributed by atoms with Gasteiger partial charge in [-0.3, -0.25) is 14.4 Å². The Labute approximate surface area is 244 Å². The summed E-state index contributed by atoms with van der Waals surface area (Å²) < 4.78 is 30.0. The highest BCUT2D eigenvalue weighted by atomic mass is 32.1. The van der Waals surface area contributed by atoms with E-state index in [4.69, 9.17) is 19.5 Å². The SMILES string of the molecule is COC(=O)c1cc(F)ccc1-c1ccc(C(=O)NCC(=O)N2CC3(C[C@H]2C(=O)Cc2cc(C#N)cs2)OCCO3)cc1. The third-order valence-electron chi connectivity index (χ3n) is 7.17. The minimum atomic E-state index is -1.06. The number of Topliss-reactive ketones (excluding diaryl/α,β-unsaturated/α-hetero) is 1. The van der Waals surface area contributed by atoms with Crippen LogP contribution in [0.2, 0.25) is 0 Å². The summed E-state index contributed by atoms with van der Waals surface area (Å²) in [6.45, 7) is 0.402. The number of nitrogens with one attached hydrogen (secondary N) is 1. The van der Waals surface area contributed by atoms with Crippen molar-refractivity contribution in [3.8, 4) is 17.2 Å². The number of carbonyl (C=O) groups is 4. The molecule has 2 fully saturated rings. The second kappa shape index (κ2) is 12.2. The van der Waals surface area contributed by atoms with Crippen LogP contribution >= 0.6 is 11.3 Å². The molecular formula is C30H26FN3O7S. The second-order valence-electron chi connectivity index (χ2n) is 9.85. The van der Waals surface area contributed by atoms with Gasteiger partial charge in [-0.1, -0.05) is 18.2 Å². The molecule has 0 unspecified atom stereocenters. The monoisotopic (exact) mass is 591 g/mol. The molecule has 10 nitrogen and oxygen atoms in total. The Morgan fingerprint density at radius 2 is 1.88 bits per heavy atom. The largest absolute Gasteiger partial charge is 0.465 e. The van der Waals surface area contributed by atoms with E-state index in [1.54, 1.807) is 23.6 Å². The predicted molar refractivity (Wildman–Crippen MR) is 148 cm³/mol. The van der Waals surface area contributed by atoms with Gasteiger partial charge >= 0.3 is 5.97 Å². The molecule has 2 aromatic carbocycles. The Morgan fingerprint density at radius 1 is 1.14 bits per heavy atom. The van der Waals surface area contributed by atoms with E-state index in [2.05, 4.69) is 5.32 Å². The molecule has 2 aliphatic rings. The van der Waals surface area contributed by atoms with Crippen LogP contribution in [0.15, 0.2) is 53.9 Å². The summed E-state index contributed by atoms with van der Waals surface area (Å²) in [6, 6.07) is 12.9. The third-order valence-corrected chi connectivity index (χ3v) is 8.11. The second-order valence-corrected chi connectivity index (χ2v) is 10.8. The van der Waals surface area contributed by atoms with E-state index >= 15 is 0 Å². The zero-order valence-corrected chi connectivity index (χ0v) is 23.4. The number of ether oxygens (including phenoxy) is 3. The standard InChI is InChI=1S/C30H26FN3O7S/c1-39-29(38)24-11-21(31)6-7-23(24)19-2-4-20(5-3-19)28(37)33-15-27(36)34-17-30(40-8-9-41-30)13-25(34)26(35)12-22-10-18(14-32)16-42-22/h2-7,10-11,16,25H,8-9,12-13,15,17H2,1H3,(H,33,37)/t25-/m0/s1. The minimum absolute atomic E-state index is 0.0487. The van der Waals surface area contributed by atoms with Crippen LogP contribution < -0.4 is 5.32 Å². The van der Waals surface area contributed by atoms with Gasteiger partial charge in [0.2, 0.25) is 5.91 Å². The normalized spacial score (nSPS) is 17.2. The van der Waals surface area contributed by atoms with Crippen molar-refractivity contribution < 1.29 is 37.8 Å². The molecule has 3 aromatic rings. The van der Waals surface area contributed by atoms with Crippen molar-refractivity contribution in [2.45, 2.75) is 24.7 Å². The summed E-state index contributed by atoms with van der Waals surface area (Å²) >= 11 is 1.30. The van der Waals surface area contributed by atoms with Gasteiger partial charge in [0, 0.05) is 28.7 Å². The van der Waals surface area contributed by atoms with Crippen LogP contribution in [0.3, 0.4) is 0 Å². The molecule has 2 saturated heterocycles. The lowest BCUT2D eigenvalue weighted by molar-refractivity contribution is -0.152. The van der Waals surface area contributed by atoms with Crippen LogP contribution in [0.4, 0.5) is 4.39 Å². The van der Waals surface area contributed by atoms with E-state index < -0.39 is 35.4 Å². The molecule has 1 spiro atoms. The summed E-state index contributed by atoms with van der Waals surface area (Å²) in [5.74, 6) is -3.53. The average Bonchev–Trinajstić information content (AvgIpc) is 3.76. The molecule has 12 heteroatoms. The molecule has 5 rings (SSSR count). The number of methoxy groups -OCH3 is 1. The van der Waals surface area contributed by atoms with Crippen molar-refractivity contribution in [2.24, 2.45) is 0 Å². The first-order valence-corrected chi connectivity index (χ1v) is 13.9. The Morgan fingerprint density at radius 3 is 2.55 bits per heavy atom. The molecule has 2 amide bonds. The topological polar surface area (TPSA) is 135 Å². The molecule has 0 saturated carbocycles. The smallest absolute Gasteiger partial charge is 0.338 e. The van der Waals surface area contributed by atoms with Crippen molar-refractivity contribution in [3.63, 3.8) is 0 Å². The van der Waals surface area contributed by atoms with Gasteiger partial charge in [-0.25, -0.2) is 9.18 Å². The Bertz CT molecular complexity index is 1570. The molecule has 1 aromatic heterocycles. The first-order chi connectivity index (χ1) is 20.2. The number of likely N-dealkylation sites (tertiary alicyclic amines) is 1. The Hall–Kier alpha value is -4.44. The summed E-state index contributed by atoms with van der Waals surface area (Å²) in [5.41, 5.74) is 1.78. The molecule has 0 bridgehead atoms. The van der Waals surface area contributed by atoms with Crippen LogP contribution in [0.25, 0.3) is 11.1 Å². The quantitative estimate of drug-likeness (QED) is 0.395. The number of hydrogen-bond donors (Lipinski definition) is 1. The highest BCUT2D eigenvalue weighted by molar-refractivity contribution is 7.10. The first kappa shape index (κ1) is 29.1. The number of benzene rings is 2. The summed E-state index contributed by atoms with van der Waals surface area (Å²) in [4.78, 5) is 53.6. The Kier molecular flexibility index (Phi) is 8.44. The van der Waals surface area contributed by atoms with Crippen molar-refractivity contribution in [1.82, 2.24) is 10.2 Å². The number of hydrogen-bond acceptors (Lipinski definition) is 9. The number of amides is 2.